The topological polar surface area (TPSA) is 38.9 Å². The smallest absolute Gasteiger partial charge is 0.132 e. The number of hydrogen-bond acceptors (Lipinski definition) is 3. The first-order valence-corrected chi connectivity index (χ1v) is 5.93. The van der Waals surface area contributed by atoms with Gasteiger partial charge in [0.1, 0.15) is 5.82 Å². The number of thiocarbonyl (C=S) groups is 1. The predicted molar refractivity (Wildman–Crippen MR) is 68.0 cm³/mol. The molecule has 1 aromatic carbocycles. The molecule has 0 atom stereocenters. The highest BCUT2D eigenvalue weighted by Crippen LogP contribution is 2.24. The number of rotatable bonds is 3. The number of hydrogen-bond donors (Lipinski definition) is 1. The van der Waals surface area contributed by atoms with Crippen LogP contribution in [0.2, 0.25) is 0 Å². The molecular weight excluding hydrogens is 243 g/mol. The highest BCUT2D eigenvalue weighted by Gasteiger charge is 2.08. The lowest BCUT2D eigenvalue weighted by Crippen LogP contribution is -2.10. The molecule has 2 N–H and O–H groups in total. The number of nitrogens with zero attached hydrogens (tertiary/aromatic N) is 1. The van der Waals surface area contributed by atoms with E-state index in [9.17, 15) is 4.39 Å². The minimum atomic E-state index is -0.269. The Labute approximate surface area is 102 Å². The van der Waals surface area contributed by atoms with Gasteiger partial charge < -0.3 is 5.73 Å². The van der Waals surface area contributed by atoms with Crippen LogP contribution in [0.3, 0.4) is 0 Å². The summed E-state index contributed by atoms with van der Waals surface area (Å²) in [6, 6.07) is 6.56. The normalized spacial score (nSPS) is 10.3. The standard InChI is InChI=1S/C11H9FN2S2/c12-8-4-2-1-3-7(8)9-6-16-11(14-9)5-10(13)15/h1-4,6H,5H2,(H2,13,15). The molecular formula is C11H9FN2S2. The third-order valence-corrected chi connectivity index (χ3v) is 3.02. The molecule has 0 saturated carbocycles. The van der Waals surface area contributed by atoms with Gasteiger partial charge in [0.05, 0.1) is 15.7 Å². The van der Waals surface area contributed by atoms with Gasteiger partial charge in [0, 0.05) is 17.4 Å². The second kappa shape index (κ2) is 4.67. The average Bonchev–Trinajstić information content (AvgIpc) is 2.66. The molecule has 0 aliphatic carbocycles. The Balaban J connectivity index is 2.32. The van der Waals surface area contributed by atoms with E-state index in [0.717, 1.165) is 5.01 Å². The molecule has 1 heterocycles. The zero-order chi connectivity index (χ0) is 11.5. The third kappa shape index (κ3) is 2.43. The lowest BCUT2D eigenvalue weighted by Gasteiger charge is -1.97. The van der Waals surface area contributed by atoms with Crippen molar-refractivity contribution in [2.75, 3.05) is 0 Å². The Bertz CT molecular complexity index is 522. The number of halogens is 1. The van der Waals surface area contributed by atoms with Gasteiger partial charge in [-0.1, -0.05) is 24.4 Å². The first-order valence-electron chi connectivity index (χ1n) is 4.64. The summed E-state index contributed by atoms with van der Waals surface area (Å²) in [5.74, 6) is -0.269. The number of nitrogens with two attached hydrogens (primary N) is 1. The molecule has 82 valence electrons. The Hall–Kier alpha value is -1.33. The van der Waals surface area contributed by atoms with Crippen LogP contribution in [0.5, 0.6) is 0 Å². The molecule has 5 heteroatoms. The van der Waals surface area contributed by atoms with Crippen molar-refractivity contribution in [3.05, 3.63) is 40.5 Å². The zero-order valence-corrected chi connectivity index (χ0v) is 9.95. The van der Waals surface area contributed by atoms with E-state index in [1.54, 1.807) is 18.2 Å². The summed E-state index contributed by atoms with van der Waals surface area (Å²) in [5, 5.41) is 2.62. The molecule has 1 aromatic heterocycles. The van der Waals surface area contributed by atoms with Crippen LogP contribution in [0.1, 0.15) is 5.01 Å². The van der Waals surface area contributed by atoms with Gasteiger partial charge in [0.2, 0.25) is 0 Å². The molecule has 0 spiro atoms. The summed E-state index contributed by atoms with van der Waals surface area (Å²) in [7, 11) is 0. The van der Waals surface area contributed by atoms with Crippen molar-refractivity contribution in [1.29, 1.82) is 0 Å². The van der Waals surface area contributed by atoms with E-state index in [1.807, 2.05) is 5.38 Å². The monoisotopic (exact) mass is 252 g/mol. The first kappa shape index (κ1) is 11.2. The molecule has 0 bridgehead atoms. The van der Waals surface area contributed by atoms with Crippen LogP contribution in [-0.4, -0.2) is 9.97 Å². The van der Waals surface area contributed by atoms with E-state index in [2.05, 4.69) is 4.98 Å². The van der Waals surface area contributed by atoms with Gasteiger partial charge in [0.25, 0.3) is 0 Å². The van der Waals surface area contributed by atoms with Crippen molar-refractivity contribution in [3.63, 3.8) is 0 Å². The van der Waals surface area contributed by atoms with Gasteiger partial charge >= 0.3 is 0 Å². The highest BCUT2D eigenvalue weighted by molar-refractivity contribution is 7.80. The van der Waals surface area contributed by atoms with Crippen LogP contribution in [-0.2, 0) is 6.42 Å². The molecule has 0 amide bonds. The fourth-order valence-corrected chi connectivity index (χ4v) is 2.38. The van der Waals surface area contributed by atoms with Gasteiger partial charge in [-0.05, 0) is 12.1 Å². The Morgan fingerprint density at radius 1 is 1.44 bits per heavy atom. The summed E-state index contributed by atoms with van der Waals surface area (Å²) in [5.41, 5.74) is 6.57. The Morgan fingerprint density at radius 3 is 2.88 bits per heavy atom. The largest absolute Gasteiger partial charge is 0.393 e. The first-order chi connectivity index (χ1) is 7.66. The summed E-state index contributed by atoms with van der Waals surface area (Å²) in [6.07, 6.45) is 0.467. The Kier molecular flexibility index (Phi) is 3.26. The highest BCUT2D eigenvalue weighted by atomic mass is 32.1. The maximum Gasteiger partial charge on any atom is 0.132 e. The van der Waals surface area contributed by atoms with E-state index in [-0.39, 0.29) is 5.82 Å². The molecule has 16 heavy (non-hydrogen) atoms. The SMILES string of the molecule is NC(=S)Cc1nc(-c2ccccc2F)cs1. The fourth-order valence-electron chi connectivity index (χ4n) is 1.33. The van der Waals surface area contributed by atoms with Gasteiger partial charge in [-0.3, -0.25) is 0 Å². The zero-order valence-electron chi connectivity index (χ0n) is 8.31. The number of benzene rings is 1. The van der Waals surface area contributed by atoms with Crippen LogP contribution in [0.4, 0.5) is 4.39 Å². The minimum Gasteiger partial charge on any atom is -0.393 e. The molecule has 0 unspecified atom stereocenters. The maximum atomic E-state index is 13.5. The van der Waals surface area contributed by atoms with E-state index >= 15 is 0 Å². The van der Waals surface area contributed by atoms with Crippen LogP contribution >= 0.6 is 23.6 Å². The molecule has 0 fully saturated rings. The Morgan fingerprint density at radius 2 is 2.19 bits per heavy atom. The van der Waals surface area contributed by atoms with Gasteiger partial charge in [-0.2, -0.15) is 0 Å². The van der Waals surface area contributed by atoms with E-state index in [1.165, 1.54) is 17.4 Å². The van der Waals surface area contributed by atoms with Crippen molar-refractivity contribution in [3.8, 4) is 11.3 Å². The van der Waals surface area contributed by atoms with Crippen LogP contribution < -0.4 is 5.73 Å². The second-order valence-corrected chi connectivity index (χ2v) is 4.72. The molecule has 2 nitrogen and oxygen atoms in total. The van der Waals surface area contributed by atoms with Crippen molar-refractivity contribution < 1.29 is 4.39 Å². The van der Waals surface area contributed by atoms with E-state index in [0.29, 0.717) is 22.7 Å². The third-order valence-electron chi connectivity index (χ3n) is 2.03. The van der Waals surface area contributed by atoms with E-state index in [4.69, 9.17) is 18.0 Å². The summed E-state index contributed by atoms with van der Waals surface area (Å²) in [6.45, 7) is 0. The number of thiazole rings is 1. The van der Waals surface area contributed by atoms with Crippen LogP contribution in [0.25, 0.3) is 11.3 Å². The van der Waals surface area contributed by atoms with Crippen molar-refractivity contribution in [1.82, 2.24) is 4.98 Å². The fraction of sp³-hybridized carbons (Fsp3) is 0.0909. The van der Waals surface area contributed by atoms with E-state index < -0.39 is 0 Å². The predicted octanol–water partition coefficient (Wildman–Crippen LogP) is 2.78. The van der Waals surface area contributed by atoms with Gasteiger partial charge in [0.15, 0.2) is 0 Å². The summed E-state index contributed by atoms with van der Waals surface area (Å²) < 4.78 is 13.5. The quantitative estimate of drug-likeness (QED) is 0.854. The van der Waals surface area contributed by atoms with Crippen molar-refractivity contribution >= 4 is 28.5 Å². The van der Waals surface area contributed by atoms with Crippen molar-refractivity contribution in [2.24, 2.45) is 5.73 Å². The lowest BCUT2D eigenvalue weighted by molar-refractivity contribution is 0.631. The van der Waals surface area contributed by atoms with Crippen LogP contribution in [0.15, 0.2) is 29.6 Å². The molecule has 2 aromatic rings. The summed E-state index contributed by atoms with van der Waals surface area (Å²) in [4.78, 5) is 4.69. The molecule has 0 aliphatic heterocycles. The van der Waals surface area contributed by atoms with Crippen LogP contribution in [0, 0.1) is 5.82 Å². The summed E-state index contributed by atoms with van der Waals surface area (Å²) >= 11 is 6.24. The lowest BCUT2D eigenvalue weighted by atomic mass is 10.1. The average molecular weight is 252 g/mol. The minimum absolute atomic E-state index is 0.269. The van der Waals surface area contributed by atoms with Gasteiger partial charge in [-0.25, -0.2) is 9.37 Å². The van der Waals surface area contributed by atoms with Gasteiger partial charge in [-0.15, -0.1) is 11.3 Å². The second-order valence-electron chi connectivity index (χ2n) is 3.25. The molecule has 0 radical (unpaired) electrons. The number of aromatic nitrogens is 1. The molecule has 2 rings (SSSR count). The van der Waals surface area contributed by atoms with Crippen molar-refractivity contribution in [2.45, 2.75) is 6.42 Å². The molecule has 0 saturated heterocycles. The maximum absolute atomic E-state index is 13.5. The molecule has 0 aliphatic rings.